The third-order valence-electron chi connectivity index (χ3n) is 5.39. The van der Waals surface area contributed by atoms with E-state index in [9.17, 15) is 0 Å². The summed E-state index contributed by atoms with van der Waals surface area (Å²) in [4.78, 5) is 2.63. The van der Waals surface area contributed by atoms with Gasteiger partial charge < -0.3 is 4.90 Å². The molecule has 2 aromatic rings. The van der Waals surface area contributed by atoms with Gasteiger partial charge in [-0.25, -0.2) is 0 Å². The van der Waals surface area contributed by atoms with E-state index >= 15 is 0 Å². The molecule has 0 N–H and O–H groups in total. The van der Waals surface area contributed by atoms with Crippen LogP contribution in [-0.4, -0.2) is 12.6 Å². The molecular weight excluding hydrogens is 290 g/mol. The molecule has 1 heteroatoms. The molecule has 1 heterocycles. The van der Waals surface area contributed by atoms with Gasteiger partial charge in [0.15, 0.2) is 0 Å². The SMILES string of the molecule is C=Cc1c(C)cccc1CCC1CCCN1c1cccc(CC)c1. The van der Waals surface area contributed by atoms with Crippen molar-refractivity contribution in [3.05, 3.63) is 71.3 Å². The van der Waals surface area contributed by atoms with E-state index in [-0.39, 0.29) is 0 Å². The van der Waals surface area contributed by atoms with Gasteiger partial charge in [-0.1, -0.05) is 49.9 Å². The molecule has 0 aromatic heterocycles. The van der Waals surface area contributed by atoms with Gasteiger partial charge in [-0.15, -0.1) is 0 Å². The van der Waals surface area contributed by atoms with E-state index in [2.05, 4.69) is 67.8 Å². The zero-order chi connectivity index (χ0) is 16.9. The van der Waals surface area contributed by atoms with Gasteiger partial charge >= 0.3 is 0 Å². The largest absolute Gasteiger partial charge is 0.369 e. The van der Waals surface area contributed by atoms with Crippen LogP contribution in [0.1, 0.15) is 48.4 Å². The predicted molar refractivity (Wildman–Crippen MR) is 106 cm³/mol. The van der Waals surface area contributed by atoms with Gasteiger partial charge in [0.25, 0.3) is 0 Å². The maximum atomic E-state index is 4.00. The van der Waals surface area contributed by atoms with Crippen LogP contribution in [0.3, 0.4) is 0 Å². The first kappa shape index (κ1) is 16.8. The lowest BCUT2D eigenvalue weighted by atomic mass is 9.96. The summed E-state index contributed by atoms with van der Waals surface area (Å²) in [5.74, 6) is 0. The zero-order valence-corrected chi connectivity index (χ0v) is 15.1. The minimum absolute atomic E-state index is 0.662. The number of aryl methyl sites for hydroxylation is 3. The fourth-order valence-electron chi connectivity index (χ4n) is 4.00. The highest BCUT2D eigenvalue weighted by molar-refractivity contribution is 5.56. The summed E-state index contributed by atoms with van der Waals surface area (Å²) < 4.78 is 0. The van der Waals surface area contributed by atoms with E-state index in [1.165, 1.54) is 53.7 Å². The molecular formula is C23H29N. The first-order valence-corrected chi connectivity index (χ1v) is 9.29. The van der Waals surface area contributed by atoms with Crippen LogP contribution in [0.15, 0.2) is 49.0 Å². The second-order valence-electron chi connectivity index (χ2n) is 6.90. The van der Waals surface area contributed by atoms with Crippen LogP contribution >= 0.6 is 0 Å². The van der Waals surface area contributed by atoms with E-state index in [0.29, 0.717) is 6.04 Å². The third-order valence-corrected chi connectivity index (χ3v) is 5.39. The molecule has 0 amide bonds. The van der Waals surface area contributed by atoms with E-state index < -0.39 is 0 Å². The number of anilines is 1. The number of rotatable bonds is 6. The highest BCUT2D eigenvalue weighted by atomic mass is 15.2. The Morgan fingerprint density at radius 1 is 1.21 bits per heavy atom. The number of hydrogen-bond acceptors (Lipinski definition) is 1. The van der Waals surface area contributed by atoms with E-state index in [4.69, 9.17) is 0 Å². The third kappa shape index (κ3) is 3.56. The molecule has 0 saturated carbocycles. The minimum Gasteiger partial charge on any atom is -0.369 e. The molecule has 0 aliphatic carbocycles. The molecule has 24 heavy (non-hydrogen) atoms. The highest BCUT2D eigenvalue weighted by Gasteiger charge is 2.24. The number of benzene rings is 2. The van der Waals surface area contributed by atoms with Gasteiger partial charge in [-0.3, -0.25) is 0 Å². The van der Waals surface area contributed by atoms with Gasteiger partial charge in [0.1, 0.15) is 0 Å². The molecule has 1 nitrogen and oxygen atoms in total. The standard InChI is InChI=1S/C23H29N/c1-4-19-10-7-12-22(17-19)24-16-8-13-21(24)15-14-20-11-6-9-18(3)23(20)5-2/h5-7,9-12,17,21H,2,4,8,13-16H2,1,3H3. The van der Waals surface area contributed by atoms with Crippen LogP contribution in [0.25, 0.3) is 6.08 Å². The van der Waals surface area contributed by atoms with Crippen molar-refractivity contribution in [2.24, 2.45) is 0 Å². The predicted octanol–water partition coefficient (Wildman–Crippen LogP) is 5.80. The topological polar surface area (TPSA) is 3.24 Å². The second-order valence-corrected chi connectivity index (χ2v) is 6.90. The summed E-state index contributed by atoms with van der Waals surface area (Å²) in [7, 11) is 0. The Balaban J connectivity index is 1.73. The Bertz CT molecular complexity index is 701. The van der Waals surface area contributed by atoms with Crippen molar-refractivity contribution in [1.29, 1.82) is 0 Å². The normalized spacial score (nSPS) is 17.2. The van der Waals surface area contributed by atoms with Gasteiger partial charge in [0, 0.05) is 18.3 Å². The van der Waals surface area contributed by atoms with Crippen molar-refractivity contribution in [3.8, 4) is 0 Å². The van der Waals surface area contributed by atoms with E-state index in [1.807, 2.05) is 6.08 Å². The molecule has 1 atom stereocenters. The summed E-state index contributed by atoms with van der Waals surface area (Å²) in [5, 5.41) is 0. The van der Waals surface area contributed by atoms with Crippen molar-refractivity contribution >= 4 is 11.8 Å². The molecule has 1 fully saturated rings. The van der Waals surface area contributed by atoms with Gasteiger partial charge in [-0.05, 0) is 73.4 Å². The average Bonchev–Trinajstić information content (AvgIpc) is 3.08. The van der Waals surface area contributed by atoms with Crippen molar-refractivity contribution in [1.82, 2.24) is 0 Å². The minimum atomic E-state index is 0.662. The molecule has 3 rings (SSSR count). The van der Waals surface area contributed by atoms with Crippen molar-refractivity contribution in [2.75, 3.05) is 11.4 Å². The summed E-state index contributed by atoms with van der Waals surface area (Å²) in [6, 6.07) is 16.4. The Labute approximate surface area is 147 Å². The first-order chi connectivity index (χ1) is 11.7. The molecule has 0 radical (unpaired) electrons. The molecule has 1 saturated heterocycles. The maximum Gasteiger partial charge on any atom is 0.0371 e. The Kier molecular flexibility index (Phi) is 5.40. The van der Waals surface area contributed by atoms with Gasteiger partial charge in [0.2, 0.25) is 0 Å². The maximum absolute atomic E-state index is 4.00. The quantitative estimate of drug-likeness (QED) is 0.650. The fourth-order valence-corrected chi connectivity index (χ4v) is 4.00. The fraction of sp³-hybridized carbons (Fsp3) is 0.391. The van der Waals surface area contributed by atoms with Crippen LogP contribution in [-0.2, 0) is 12.8 Å². The van der Waals surface area contributed by atoms with Crippen LogP contribution in [0.2, 0.25) is 0 Å². The number of nitrogens with zero attached hydrogens (tertiary/aromatic N) is 1. The molecule has 1 aliphatic heterocycles. The lowest BCUT2D eigenvalue weighted by Crippen LogP contribution is -2.29. The summed E-state index contributed by atoms with van der Waals surface area (Å²) in [6.45, 7) is 9.61. The molecule has 0 spiro atoms. The zero-order valence-electron chi connectivity index (χ0n) is 15.1. The van der Waals surface area contributed by atoms with E-state index in [1.54, 1.807) is 0 Å². The summed E-state index contributed by atoms with van der Waals surface area (Å²) >= 11 is 0. The second kappa shape index (κ2) is 7.70. The van der Waals surface area contributed by atoms with Crippen molar-refractivity contribution in [2.45, 2.75) is 52.0 Å². The highest BCUT2D eigenvalue weighted by Crippen LogP contribution is 2.29. The summed E-state index contributed by atoms with van der Waals surface area (Å²) in [6.07, 6.45) is 8.10. The molecule has 0 bridgehead atoms. The Morgan fingerprint density at radius 2 is 2.04 bits per heavy atom. The van der Waals surface area contributed by atoms with E-state index in [0.717, 1.165) is 12.8 Å². The lowest BCUT2D eigenvalue weighted by Gasteiger charge is -2.27. The monoisotopic (exact) mass is 319 g/mol. The van der Waals surface area contributed by atoms with Crippen LogP contribution in [0.5, 0.6) is 0 Å². The summed E-state index contributed by atoms with van der Waals surface area (Å²) in [5.41, 5.74) is 6.95. The first-order valence-electron chi connectivity index (χ1n) is 9.29. The van der Waals surface area contributed by atoms with Crippen LogP contribution in [0.4, 0.5) is 5.69 Å². The molecule has 1 aliphatic rings. The van der Waals surface area contributed by atoms with Crippen molar-refractivity contribution < 1.29 is 0 Å². The Morgan fingerprint density at radius 3 is 2.83 bits per heavy atom. The van der Waals surface area contributed by atoms with Crippen molar-refractivity contribution in [3.63, 3.8) is 0 Å². The average molecular weight is 319 g/mol. The van der Waals surface area contributed by atoms with Gasteiger partial charge in [0.05, 0.1) is 0 Å². The Hall–Kier alpha value is -2.02. The molecule has 1 unspecified atom stereocenters. The van der Waals surface area contributed by atoms with Crippen LogP contribution in [0, 0.1) is 6.92 Å². The smallest absolute Gasteiger partial charge is 0.0371 e. The van der Waals surface area contributed by atoms with Gasteiger partial charge in [-0.2, -0.15) is 0 Å². The lowest BCUT2D eigenvalue weighted by molar-refractivity contribution is 0.609. The number of hydrogen-bond donors (Lipinski definition) is 0. The molecule has 126 valence electrons. The van der Waals surface area contributed by atoms with Crippen LogP contribution < -0.4 is 4.90 Å². The molecule has 2 aromatic carbocycles.